The number of hydrogen-bond donors (Lipinski definition) is 2. The minimum atomic E-state index is -0.0391. The Morgan fingerprint density at radius 3 is 3.00 bits per heavy atom. The molecule has 18 heavy (non-hydrogen) atoms. The number of hydrogen-bond acceptors (Lipinski definition) is 4. The Kier molecular flexibility index (Phi) is 4.86. The van der Waals surface area contributed by atoms with Gasteiger partial charge in [0.05, 0.1) is 18.9 Å². The Balaban J connectivity index is 1.78. The predicted octanol–water partition coefficient (Wildman–Crippen LogP) is -0.497. The highest BCUT2D eigenvalue weighted by molar-refractivity contribution is 7.12. The SMILES string of the molecule is C/C(=N/NC(=O)C[NH+]1CCOCC1)c1cccs1. The maximum atomic E-state index is 11.7. The molecule has 0 aromatic carbocycles. The monoisotopic (exact) mass is 268 g/mol. The number of nitrogens with zero attached hydrogens (tertiary/aromatic N) is 1. The van der Waals surface area contributed by atoms with E-state index in [-0.39, 0.29) is 5.91 Å². The third-order valence-electron chi connectivity index (χ3n) is 2.84. The van der Waals surface area contributed by atoms with Crippen LogP contribution in [0.5, 0.6) is 0 Å². The first kappa shape index (κ1) is 13.2. The summed E-state index contributed by atoms with van der Waals surface area (Å²) in [6, 6.07) is 3.96. The van der Waals surface area contributed by atoms with Crippen molar-refractivity contribution in [2.24, 2.45) is 5.10 Å². The molecule has 1 aromatic rings. The van der Waals surface area contributed by atoms with E-state index in [1.807, 2.05) is 24.4 Å². The third-order valence-corrected chi connectivity index (χ3v) is 3.82. The summed E-state index contributed by atoms with van der Waals surface area (Å²) < 4.78 is 5.25. The molecule has 1 fully saturated rings. The second kappa shape index (κ2) is 6.63. The molecule has 98 valence electrons. The average Bonchev–Trinajstić information content (AvgIpc) is 2.91. The Bertz CT molecular complexity index is 411. The van der Waals surface area contributed by atoms with Gasteiger partial charge in [0.15, 0.2) is 6.54 Å². The van der Waals surface area contributed by atoms with Crippen LogP contribution in [0.25, 0.3) is 0 Å². The van der Waals surface area contributed by atoms with Crippen LogP contribution in [0.15, 0.2) is 22.6 Å². The summed E-state index contributed by atoms with van der Waals surface area (Å²) in [6.45, 7) is 5.61. The van der Waals surface area contributed by atoms with E-state index in [9.17, 15) is 4.79 Å². The van der Waals surface area contributed by atoms with Crippen LogP contribution in [-0.2, 0) is 9.53 Å². The fraction of sp³-hybridized carbons (Fsp3) is 0.500. The van der Waals surface area contributed by atoms with Crippen molar-refractivity contribution in [3.63, 3.8) is 0 Å². The van der Waals surface area contributed by atoms with Crippen LogP contribution >= 0.6 is 11.3 Å². The smallest absolute Gasteiger partial charge is 0.295 e. The van der Waals surface area contributed by atoms with E-state index in [0.29, 0.717) is 6.54 Å². The van der Waals surface area contributed by atoms with Gasteiger partial charge < -0.3 is 9.64 Å². The number of hydrazone groups is 1. The molecular formula is C12H18N3O2S+. The van der Waals surface area contributed by atoms with E-state index < -0.39 is 0 Å². The molecule has 0 spiro atoms. The molecule has 6 heteroatoms. The number of rotatable bonds is 4. The standard InChI is InChI=1S/C12H17N3O2S/c1-10(11-3-2-8-18-11)13-14-12(16)9-15-4-6-17-7-5-15/h2-3,8H,4-7,9H2,1H3,(H,14,16)/p+1/b13-10-. The number of morpholine rings is 1. The van der Waals surface area contributed by atoms with Crippen molar-refractivity contribution in [1.29, 1.82) is 0 Å². The van der Waals surface area contributed by atoms with Gasteiger partial charge in [0.2, 0.25) is 0 Å². The Labute approximate surface area is 110 Å². The van der Waals surface area contributed by atoms with Crippen LogP contribution < -0.4 is 10.3 Å². The third kappa shape index (κ3) is 3.90. The molecule has 0 atom stereocenters. The minimum Gasteiger partial charge on any atom is -0.370 e. The fourth-order valence-corrected chi connectivity index (χ4v) is 2.47. The van der Waals surface area contributed by atoms with Gasteiger partial charge >= 0.3 is 0 Å². The van der Waals surface area contributed by atoms with Gasteiger partial charge in [-0.3, -0.25) is 4.79 Å². The van der Waals surface area contributed by atoms with E-state index in [4.69, 9.17) is 4.74 Å². The maximum Gasteiger partial charge on any atom is 0.295 e. The van der Waals surface area contributed by atoms with Crippen molar-refractivity contribution < 1.29 is 14.4 Å². The molecule has 1 saturated heterocycles. The summed E-state index contributed by atoms with van der Waals surface area (Å²) >= 11 is 1.61. The zero-order chi connectivity index (χ0) is 12.8. The van der Waals surface area contributed by atoms with Gasteiger partial charge in [0.25, 0.3) is 5.91 Å². The van der Waals surface area contributed by atoms with Gasteiger partial charge in [0.1, 0.15) is 13.1 Å². The zero-order valence-electron chi connectivity index (χ0n) is 10.4. The second-order valence-corrected chi connectivity index (χ2v) is 5.20. The van der Waals surface area contributed by atoms with E-state index in [1.54, 1.807) is 11.3 Å². The quantitative estimate of drug-likeness (QED) is 0.571. The largest absolute Gasteiger partial charge is 0.370 e. The molecule has 1 aliphatic rings. The maximum absolute atomic E-state index is 11.7. The van der Waals surface area contributed by atoms with Crippen molar-refractivity contribution in [1.82, 2.24) is 5.43 Å². The molecule has 1 aromatic heterocycles. The predicted molar refractivity (Wildman–Crippen MR) is 71.1 cm³/mol. The van der Waals surface area contributed by atoms with E-state index in [2.05, 4.69) is 10.5 Å². The van der Waals surface area contributed by atoms with Crippen molar-refractivity contribution in [2.75, 3.05) is 32.8 Å². The van der Waals surface area contributed by atoms with Crippen LogP contribution in [0.4, 0.5) is 0 Å². The Morgan fingerprint density at radius 2 is 2.33 bits per heavy atom. The number of quaternary nitrogens is 1. The van der Waals surface area contributed by atoms with E-state index in [0.717, 1.165) is 36.9 Å². The summed E-state index contributed by atoms with van der Waals surface area (Å²) in [5.41, 5.74) is 3.45. The first-order valence-corrected chi connectivity index (χ1v) is 6.92. The van der Waals surface area contributed by atoms with E-state index in [1.165, 1.54) is 4.90 Å². The van der Waals surface area contributed by atoms with Gasteiger partial charge in [-0.2, -0.15) is 5.10 Å². The van der Waals surface area contributed by atoms with Crippen LogP contribution in [0.3, 0.4) is 0 Å². The molecule has 0 aliphatic carbocycles. The number of carbonyl (C=O) groups excluding carboxylic acids is 1. The average molecular weight is 268 g/mol. The normalized spacial score (nSPS) is 17.7. The lowest BCUT2D eigenvalue weighted by atomic mass is 10.3. The number of carbonyl (C=O) groups is 1. The Hall–Kier alpha value is -1.24. The lowest BCUT2D eigenvalue weighted by Crippen LogP contribution is -3.15. The van der Waals surface area contributed by atoms with Gasteiger partial charge in [0, 0.05) is 4.88 Å². The molecule has 2 heterocycles. The summed E-state index contributed by atoms with van der Waals surface area (Å²) in [7, 11) is 0. The molecule has 2 rings (SSSR count). The molecule has 1 aliphatic heterocycles. The summed E-state index contributed by atoms with van der Waals surface area (Å²) in [5, 5.41) is 6.11. The lowest BCUT2D eigenvalue weighted by molar-refractivity contribution is -0.900. The Morgan fingerprint density at radius 1 is 1.56 bits per heavy atom. The van der Waals surface area contributed by atoms with Gasteiger partial charge in [-0.1, -0.05) is 6.07 Å². The van der Waals surface area contributed by atoms with Crippen LogP contribution in [0.1, 0.15) is 11.8 Å². The van der Waals surface area contributed by atoms with E-state index >= 15 is 0 Å². The molecule has 5 nitrogen and oxygen atoms in total. The van der Waals surface area contributed by atoms with Gasteiger partial charge in [-0.05, 0) is 18.4 Å². The van der Waals surface area contributed by atoms with Crippen molar-refractivity contribution in [3.8, 4) is 0 Å². The minimum absolute atomic E-state index is 0.0391. The topological polar surface area (TPSA) is 55.1 Å². The molecule has 2 N–H and O–H groups in total. The summed E-state index contributed by atoms with van der Waals surface area (Å²) in [6.07, 6.45) is 0. The van der Waals surface area contributed by atoms with Crippen LogP contribution in [0, 0.1) is 0 Å². The molecular weight excluding hydrogens is 250 g/mol. The van der Waals surface area contributed by atoms with Crippen LogP contribution in [0.2, 0.25) is 0 Å². The molecule has 1 amide bonds. The molecule has 0 unspecified atom stereocenters. The summed E-state index contributed by atoms with van der Waals surface area (Å²) in [4.78, 5) is 14.0. The number of amides is 1. The number of nitrogens with one attached hydrogen (secondary N) is 2. The fourth-order valence-electron chi connectivity index (χ4n) is 1.79. The lowest BCUT2D eigenvalue weighted by Gasteiger charge is -2.22. The highest BCUT2D eigenvalue weighted by atomic mass is 32.1. The van der Waals surface area contributed by atoms with Crippen molar-refractivity contribution >= 4 is 23.0 Å². The van der Waals surface area contributed by atoms with Crippen LogP contribution in [-0.4, -0.2) is 44.5 Å². The van der Waals surface area contributed by atoms with Gasteiger partial charge in [-0.15, -0.1) is 11.3 Å². The first-order chi connectivity index (χ1) is 8.75. The van der Waals surface area contributed by atoms with Crippen molar-refractivity contribution in [2.45, 2.75) is 6.92 Å². The number of thiophene rings is 1. The zero-order valence-corrected chi connectivity index (χ0v) is 11.3. The highest BCUT2D eigenvalue weighted by Crippen LogP contribution is 2.08. The summed E-state index contributed by atoms with van der Waals surface area (Å²) in [5.74, 6) is -0.0391. The second-order valence-electron chi connectivity index (χ2n) is 4.25. The molecule has 0 saturated carbocycles. The highest BCUT2D eigenvalue weighted by Gasteiger charge is 2.17. The molecule has 0 radical (unpaired) electrons. The molecule has 0 bridgehead atoms. The number of ether oxygens (including phenoxy) is 1. The van der Waals surface area contributed by atoms with Crippen molar-refractivity contribution in [3.05, 3.63) is 22.4 Å². The van der Waals surface area contributed by atoms with Gasteiger partial charge in [-0.25, -0.2) is 5.43 Å². The first-order valence-electron chi connectivity index (χ1n) is 6.04.